The van der Waals surface area contributed by atoms with Crippen molar-refractivity contribution >= 4 is 49.6 Å². The molecule has 2 atom stereocenters. The van der Waals surface area contributed by atoms with E-state index in [1.807, 2.05) is 60.7 Å². The summed E-state index contributed by atoms with van der Waals surface area (Å²) in [5, 5.41) is 21.2. The number of aliphatic hydroxyl groups is 2. The first-order valence-electron chi connectivity index (χ1n) is 11.6. The number of hydrogen-bond acceptors (Lipinski definition) is 6. The normalized spacial score (nSPS) is 19.3. The van der Waals surface area contributed by atoms with Crippen LogP contribution in [0.5, 0.6) is 0 Å². The molecule has 2 aliphatic heterocycles. The molecule has 200 valence electrons. The van der Waals surface area contributed by atoms with Gasteiger partial charge in [0.1, 0.15) is 12.5 Å². The van der Waals surface area contributed by atoms with Crippen LogP contribution in [0.15, 0.2) is 60.7 Å². The van der Waals surface area contributed by atoms with Gasteiger partial charge in [-0.3, -0.25) is 9.80 Å². The van der Waals surface area contributed by atoms with Gasteiger partial charge in [0.2, 0.25) is 0 Å². The standard InChI is InChI=1S/C25H36N4O2.4ClH/c30-24(22-8-3-1-4-9-22)28-18-14-26(15-19-28)12-7-13-27-16-20-29(21-17-27)25(31)23-10-5-2-6-11-23;;;;/h1-6,8-11,24-25,30-31H,7,12-21H2;4*1H. The molecule has 4 rings (SSSR count). The van der Waals surface area contributed by atoms with E-state index < -0.39 is 12.5 Å². The third-order valence-electron chi connectivity index (χ3n) is 6.65. The number of benzene rings is 2. The van der Waals surface area contributed by atoms with Gasteiger partial charge in [-0.15, -0.1) is 49.6 Å². The zero-order valence-electron chi connectivity index (χ0n) is 20.0. The maximum absolute atomic E-state index is 10.6. The van der Waals surface area contributed by atoms with Crippen molar-refractivity contribution in [2.75, 3.05) is 65.4 Å². The van der Waals surface area contributed by atoms with Crippen LogP contribution in [0.25, 0.3) is 0 Å². The molecule has 2 saturated heterocycles. The molecule has 2 aromatic rings. The van der Waals surface area contributed by atoms with Crippen LogP contribution in [-0.4, -0.2) is 95.3 Å². The average Bonchev–Trinajstić information content (AvgIpc) is 2.85. The maximum atomic E-state index is 10.6. The number of aliphatic hydroxyl groups excluding tert-OH is 2. The van der Waals surface area contributed by atoms with E-state index in [9.17, 15) is 10.2 Å². The number of rotatable bonds is 8. The van der Waals surface area contributed by atoms with Crippen LogP contribution in [0.3, 0.4) is 0 Å². The highest BCUT2D eigenvalue weighted by Gasteiger charge is 2.25. The van der Waals surface area contributed by atoms with Crippen LogP contribution >= 0.6 is 49.6 Å². The first-order valence-corrected chi connectivity index (χ1v) is 11.6. The molecule has 2 fully saturated rings. The van der Waals surface area contributed by atoms with E-state index in [1.165, 1.54) is 6.42 Å². The molecule has 2 aromatic carbocycles. The Morgan fingerprint density at radius 2 is 0.829 bits per heavy atom. The second-order valence-electron chi connectivity index (χ2n) is 8.68. The average molecular weight is 570 g/mol. The summed E-state index contributed by atoms with van der Waals surface area (Å²) in [6.07, 6.45) is 0.180. The van der Waals surface area contributed by atoms with Crippen LogP contribution in [0.2, 0.25) is 0 Å². The molecule has 2 unspecified atom stereocenters. The Labute approximate surface area is 234 Å². The van der Waals surface area contributed by atoms with E-state index in [1.54, 1.807) is 0 Å². The highest BCUT2D eigenvalue weighted by molar-refractivity contribution is 5.86. The second kappa shape index (κ2) is 17.8. The molecule has 2 heterocycles. The van der Waals surface area contributed by atoms with E-state index in [2.05, 4.69) is 19.6 Å². The largest absolute Gasteiger partial charge is 0.374 e. The van der Waals surface area contributed by atoms with E-state index in [0.29, 0.717) is 0 Å². The topological polar surface area (TPSA) is 53.4 Å². The fourth-order valence-electron chi connectivity index (χ4n) is 4.65. The molecular formula is C25H40Cl4N4O2. The molecule has 35 heavy (non-hydrogen) atoms. The SMILES string of the molecule is Cl.Cl.Cl.Cl.OC(c1ccccc1)N1CCN(CCCN2CCN(C(O)c3ccccc3)CC2)CC1. The third kappa shape index (κ3) is 9.97. The zero-order chi connectivity index (χ0) is 21.5. The van der Waals surface area contributed by atoms with Crippen LogP contribution < -0.4 is 0 Å². The van der Waals surface area contributed by atoms with Gasteiger partial charge in [0.05, 0.1) is 0 Å². The van der Waals surface area contributed by atoms with Gasteiger partial charge < -0.3 is 20.0 Å². The summed E-state index contributed by atoms with van der Waals surface area (Å²) < 4.78 is 0. The van der Waals surface area contributed by atoms with Crippen molar-refractivity contribution in [2.45, 2.75) is 18.9 Å². The Balaban J connectivity index is 0.00000289. The first kappa shape index (κ1) is 34.4. The van der Waals surface area contributed by atoms with Gasteiger partial charge >= 0.3 is 0 Å². The predicted molar refractivity (Wildman–Crippen MR) is 152 cm³/mol. The number of piperazine rings is 2. The molecule has 0 amide bonds. The number of hydrogen-bond donors (Lipinski definition) is 2. The Bertz CT molecular complexity index is 712. The van der Waals surface area contributed by atoms with E-state index in [-0.39, 0.29) is 49.6 Å². The summed E-state index contributed by atoms with van der Waals surface area (Å²) in [5.74, 6) is 0. The molecule has 10 heteroatoms. The van der Waals surface area contributed by atoms with Gasteiger partial charge in [-0.25, -0.2) is 0 Å². The van der Waals surface area contributed by atoms with Gasteiger partial charge in [-0.2, -0.15) is 0 Å². The van der Waals surface area contributed by atoms with Crippen LogP contribution in [0.4, 0.5) is 0 Å². The summed E-state index contributed by atoms with van der Waals surface area (Å²) in [7, 11) is 0. The van der Waals surface area contributed by atoms with Crippen LogP contribution in [0.1, 0.15) is 30.0 Å². The maximum Gasteiger partial charge on any atom is 0.133 e. The quantitative estimate of drug-likeness (QED) is 0.506. The van der Waals surface area contributed by atoms with Crippen molar-refractivity contribution in [3.05, 3.63) is 71.8 Å². The third-order valence-corrected chi connectivity index (χ3v) is 6.65. The molecule has 2 aliphatic rings. The Kier molecular flexibility index (Phi) is 17.4. The lowest BCUT2D eigenvalue weighted by Gasteiger charge is -2.39. The molecule has 6 nitrogen and oxygen atoms in total. The summed E-state index contributed by atoms with van der Waals surface area (Å²) in [6.45, 7) is 9.92. The Morgan fingerprint density at radius 3 is 1.14 bits per heavy atom. The minimum atomic E-state index is -0.495. The summed E-state index contributed by atoms with van der Waals surface area (Å²) in [4.78, 5) is 9.37. The van der Waals surface area contributed by atoms with Crippen LogP contribution in [0, 0.1) is 0 Å². The van der Waals surface area contributed by atoms with Gasteiger partial charge in [-0.05, 0) is 30.6 Å². The summed E-state index contributed by atoms with van der Waals surface area (Å²) in [6, 6.07) is 19.9. The molecular weight excluding hydrogens is 530 g/mol. The predicted octanol–water partition coefficient (Wildman–Crippen LogP) is 3.68. The molecule has 2 N–H and O–H groups in total. The fourth-order valence-corrected chi connectivity index (χ4v) is 4.65. The zero-order valence-corrected chi connectivity index (χ0v) is 23.3. The minimum Gasteiger partial charge on any atom is -0.374 e. The van der Waals surface area contributed by atoms with Crippen molar-refractivity contribution in [1.82, 2.24) is 19.6 Å². The highest BCUT2D eigenvalue weighted by atomic mass is 35.5. The van der Waals surface area contributed by atoms with Crippen molar-refractivity contribution < 1.29 is 10.2 Å². The lowest BCUT2D eigenvalue weighted by Crippen LogP contribution is -2.49. The highest BCUT2D eigenvalue weighted by Crippen LogP contribution is 2.20. The monoisotopic (exact) mass is 568 g/mol. The van der Waals surface area contributed by atoms with Gasteiger partial charge in [0.15, 0.2) is 0 Å². The molecule has 0 aromatic heterocycles. The first-order chi connectivity index (χ1) is 15.2. The van der Waals surface area contributed by atoms with Gasteiger partial charge in [0, 0.05) is 52.4 Å². The number of nitrogens with zero attached hydrogens (tertiary/aromatic N) is 4. The summed E-state index contributed by atoms with van der Waals surface area (Å²) >= 11 is 0. The van der Waals surface area contributed by atoms with E-state index >= 15 is 0 Å². The summed E-state index contributed by atoms with van der Waals surface area (Å²) in [5.41, 5.74) is 1.96. The fraction of sp³-hybridized carbons (Fsp3) is 0.520. The van der Waals surface area contributed by atoms with Crippen molar-refractivity contribution in [1.29, 1.82) is 0 Å². The Morgan fingerprint density at radius 1 is 0.514 bits per heavy atom. The molecule has 0 radical (unpaired) electrons. The smallest absolute Gasteiger partial charge is 0.133 e. The van der Waals surface area contributed by atoms with Crippen molar-refractivity contribution in [3.8, 4) is 0 Å². The molecule has 0 spiro atoms. The lowest BCUT2D eigenvalue weighted by atomic mass is 10.1. The van der Waals surface area contributed by atoms with Gasteiger partial charge in [0.25, 0.3) is 0 Å². The van der Waals surface area contributed by atoms with E-state index in [0.717, 1.165) is 76.6 Å². The number of halogens is 4. The molecule has 0 bridgehead atoms. The second-order valence-corrected chi connectivity index (χ2v) is 8.68. The molecule has 0 saturated carbocycles. The van der Waals surface area contributed by atoms with Gasteiger partial charge in [-0.1, -0.05) is 60.7 Å². The van der Waals surface area contributed by atoms with Crippen molar-refractivity contribution in [2.24, 2.45) is 0 Å². The Hall–Kier alpha value is -0.640. The van der Waals surface area contributed by atoms with Crippen molar-refractivity contribution in [3.63, 3.8) is 0 Å². The van der Waals surface area contributed by atoms with E-state index in [4.69, 9.17) is 0 Å². The minimum absolute atomic E-state index is 0. The molecule has 0 aliphatic carbocycles. The lowest BCUT2D eigenvalue weighted by molar-refractivity contribution is -0.0315. The van der Waals surface area contributed by atoms with Crippen LogP contribution in [-0.2, 0) is 0 Å².